The summed E-state index contributed by atoms with van der Waals surface area (Å²) in [5, 5.41) is 2.87. The van der Waals surface area contributed by atoms with E-state index in [2.05, 4.69) is 17.2 Å². The van der Waals surface area contributed by atoms with Crippen molar-refractivity contribution in [2.45, 2.75) is 52.6 Å². The molecule has 1 aromatic heterocycles. The molecule has 0 saturated carbocycles. The lowest BCUT2D eigenvalue weighted by atomic mass is 9.97. The van der Waals surface area contributed by atoms with Gasteiger partial charge in [-0.3, -0.25) is 4.79 Å². The molecule has 0 aromatic carbocycles. The van der Waals surface area contributed by atoms with Crippen LogP contribution in [0.15, 0.2) is 12.3 Å². The van der Waals surface area contributed by atoms with Crippen LogP contribution in [0.4, 0.5) is 5.69 Å². The van der Waals surface area contributed by atoms with Gasteiger partial charge in [-0.15, -0.1) is 0 Å². The largest absolute Gasteiger partial charge is 0.478 e. The van der Waals surface area contributed by atoms with Gasteiger partial charge in [-0.2, -0.15) is 0 Å². The number of nitrogens with zero attached hydrogens (tertiary/aromatic N) is 1. The number of rotatable bonds is 8. The highest BCUT2D eigenvalue weighted by Crippen LogP contribution is 2.23. The zero-order valence-corrected chi connectivity index (χ0v) is 13.7. The second-order valence-electron chi connectivity index (χ2n) is 5.27. The third-order valence-corrected chi connectivity index (χ3v) is 3.51. The van der Waals surface area contributed by atoms with Gasteiger partial charge < -0.3 is 14.8 Å². The number of unbranched alkanes of at least 4 members (excludes halogenated alkanes) is 1. The van der Waals surface area contributed by atoms with Gasteiger partial charge in [-0.25, -0.2) is 4.98 Å². The maximum Gasteiger partial charge on any atom is 0.256 e. The fourth-order valence-electron chi connectivity index (χ4n) is 2.00. The van der Waals surface area contributed by atoms with Gasteiger partial charge in [0.05, 0.1) is 18.5 Å². The lowest BCUT2D eigenvalue weighted by molar-refractivity contribution is -0.136. The molecule has 5 nitrogen and oxygen atoms in total. The smallest absolute Gasteiger partial charge is 0.256 e. The Morgan fingerprint density at radius 1 is 1.43 bits per heavy atom. The van der Waals surface area contributed by atoms with Crippen molar-refractivity contribution < 1.29 is 14.3 Å². The standard InChI is InChI=1S/C16H26N2O3/c1-6-8-9-16(4,20-5)15(19)18-13-10-12(3)14(17-11-13)21-7-2/h10-11H,6-9H2,1-5H3,(H,18,19)/t16-/m0/s1. The molecular formula is C16H26N2O3. The van der Waals surface area contributed by atoms with Crippen LogP contribution in [-0.4, -0.2) is 30.2 Å². The Balaban J connectivity index is 2.79. The first kappa shape index (κ1) is 17.4. The third kappa shape index (κ3) is 4.70. The molecule has 0 fully saturated rings. The first-order chi connectivity index (χ1) is 9.96. The van der Waals surface area contributed by atoms with Crippen LogP contribution in [0.2, 0.25) is 0 Å². The predicted octanol–water partition coefficient (Wildman–Crippen LogP) is 3.32. The van der Waals surface area contributed by atoms with E-state index >= 15 is 0 Å². The fourth-order valence-corrected chi connectivity index (χ4v) is 2.00. The SMILES string of the molecule is CCCC[C@](C)(OC)C(=O)Nc1cnc(OCC)c(C)c1. The molecule has 0 aliphatic carbocycles. The van der Waals surface area contributed by atoms with E-state index < -0.39 is 5.60 Å². The molecule has 0 radical (unpaired) electrons. The summed E-state index contributed by atoms with van der Waals surface area (Å²) in [6.07, 6.45) is 4.26. The Morgan fingerprint density at radius 3 is 2.67 bits per heavy atom. The normalized spacial score (nSPS) is 13.6. The second-order valence-corrected chi connectivity index (χ2v) is 5.27. The molecule has 0 aliphatic heterocycles. The zero-order valence-electron chi connectivity index (χ0n) is 13.7. The van der Waals surface area contributed by atoms with Crippen LogP contribution in [0.3, 0.4) is 0 Å². The number of anilines is 1. The topological polar surface area (TPSA) is 60.5 Å². The summed E-state index contributed by atoms with van der Waals surface area (Å²) >= 11 is 0. The molecular weight excluding hydrogens is 268 g/mol. The maximum atomic E-state index is 12.4. The summed E-state index contributed by atoms with van der Waals surface area (Å²) in [7, 11) is 1.57. The molecule has 5 heteroatoms. The average Bonchev–Trinajstić information content (AvgIpc) is 2.47. The molecule has 0 saturated heterocycles. The Hall–Kier alpha value is -1.62. The number of carbonyl (C=O) groups excluding carboxylic acids is 1. The van der Waals surface area contributed by atoms with E-state index in [4.69, 9.17) is 9.47 Å². The van der Waals surface area contributed by atoms with Crippen molar-refractivity contribution >= 4 is 11.6 Å². The minimum Gasteiger partial charge on any atom is -0.478 e. The molecule has 21 heavy (non-hydrogen) atoms. The van der Waals surface area contributed by atoms with Gasteiger partial charge in [-0.05, 0) is 33.3 Å². The van der Waals surface area contributed by atoms with Crippen LogP contribution in [0.1, 0.15) is 45.6 Å². The van der Waals surface area contributed by atoms with Gasteiger partial charge >= 0.3 is 0 Å². The van der Waals surface area contributed by atoms with Crippen LogP contribution in [0.25, 0.3) is 0 Å². The van der Waals surface area contributed by atoms with E-state index in [1.807, 2.05) is 26.8 Å². The third-order valence-electron chi connectivity index (χ3n) is 3.51. The summed E-state index contributed by atoms with van der Waals surface area (Å²) in [6.45, 7) is 8.29. The number of amides is 1. The molecule has 0 spiro atoms. The lowest BCUT2D eigenvalue weighted by Gasteiger charge is -2.26. The molecule has 0 aliphatic rings. The van der Waals surface area contributed by atoms with Crippen molar-refractivity contribution in [3.05, 3.63) is 17.8 Å². The monoisotopic (exact) mass is 294 g/mol. The van der Waals surface area contributed by atoms with Gasteiger partial charge in [0.25, 0.3) is 5.91 Å². The number of hydrogen-bond donors (Lipinski definition) is 1. The summed E-state index contributed by atoms with van der Waals surface area (Å²) in [5.41, 5.74) is 0.728. The summed E-state index contributed by atoms with van der Waals surface area (Å²) < 4.78 is 10.8. The van der Waals surface area contributed by atoms with Crippen LogP contribution >= 0.6 is 0 Å². The first-order valence-electron chi connectivity index (χ1n) is 7.42. The van der Waals surface area contributed by atoms with Gasteiger partial charge in [0.2, 0.25) is 5.88 Å². The fraction of sp³-hybridized carbons (Fsp3) is 0.625. The Bertz CT molecular complexity index is 477. The van der Waals surface area contributed by atoms with E-state index in [0.717, 1.165) is 18.4 Å². The molecule has 118 valence electrons. The van der Waals surface area contributed by atoms with Gasteiger partial charge in [0.15, 0.2) is 0 Å². The summed E-state index contributed by atoms with van der Waals surface area (Å²) in [5.74, 6) is 0.444. The van der Waals surface area contributed by atoms with Crippen LogP contribution in [0, 0.1) is 6.92 Å². The molecule has 0 unspecified atom stereocenters. The number of nitrogens with one attached hydrogen (secondary N) is 1. The molecule has 1 rings (SSSR count). The maximum absolute atomic E-state index is 12.4. The lowest BCUT2D eigenvalue weighted by Crippen LogP contribution is -2.42. The van der Waals surface area contributed by atoms with Crippen LogP contribution in [0.5, 0.6) is 5.88 Å². The highest BCUT2D eigenvalue weighted by Gasteiger charge is 2.32. The van der Waals surface area contributed by atoms with E-state index in [9.17, 15) is 4.79 Å². The Labute approximate surface area is 127 Å². The molecule has 1 atom stereocenters. The van der Waals surface area contributed by atoms with Gasteiger partial charge in [0.1, 0.15) is 5.60 Å². The molecule has 1 aromatic rings. The number of hydrogen-bond acceptors (Lipinski definition) is 4. The number of pyridine rings is 1. The Kier molecular flexibility index (Phi) is 6.62. The second kappa shape index (κ2) is 7.98. The van der Waals surface area contributed by atoms with Crippen molar-refractivity contribution in [2.75, 3.05) is 19.0 Å². The van der Waals surface area contributed by atoms with Crippen molar-refractivity contribution in [1.82, 2.24) is 4.98 Å². The van der Waals surface area contributed by atoms with Crippen LogP contribution < -0.4 is 10.1 Å². The number of aryl methyl sites for hydroxylation is 1. The van der Waals surface area contributed by atoms with E-state index in [1.165, 1.54) is 0 Å². The van der Waals surface area contributed by atoms with Gasteiger partial charge in [-0.1, -0.05) is 19.8 Å². The minimum absolute atomic E-state index is 0.149. The molecule has 0 bridgehead atoms. The van der Waals surface area contributed by atoms with Crippen molar-refractivity contribution in [3.63, 3.8) is 0 Å². The molecule has 1 N–H and O–H groups in total. The molecule has 1 heterocycles. The number of carbonyl (C=O) groups is 1. The van der Waals surface area contributed by atoms with Crippen molar-refractivity contribution in [2.24, 2.45) is 0 Å². The van der Waals surface area contributed by atoms with Crippen molar-refractivity contribution in [1.29, 1.82) is 0 Å². The van der Waals surface area contributed by atoms with Gasteiger partial charge in [0, 0.05) is 12.7 Å². The summed E-state index contributed by atoms with van der Waals surface area (Å²) in [4.78, 5) is 16.6. The predicted molar refractivity (Wildman–Crippen MR) is 83.7 cm³/mol. The number of ether oxygens (including phenoxy) is 2. The quantitative estimate of drug-likeness (QED) is 0.799. The van der Waals surface area contributed by atoms with Crippen molar-refractivity contribution in [3.8, 4) is 5.88 Å². The Morgan fingerprint density at radius 2 is 2.14 bits per heavy atom. The number of methoxy groups -OCH3 is 1. The first-order valence-corrected chi connectivity index (χ1v) is 7.42. The minimum atomic E-state index is -0.817. The number of aromatic nitrogens is 1. The highest BCUT2D eigenvalue weighted by atomic mass is 16.5. The van der Waals surface area contributed by atoms with Crippen LogP contribution in [-0.2, 0) is 9.53 Å². The van der Waals surface area contributed by atoms with E-state index in [1.54, 1.807) is 13.3 Å². The van der Waals surface area contributed by atoms with E-state index in [-0.39, 0.29) is 5.91 Å². The molecule has 1 amide bonds. The van der Waals surface area contributed by atoms with E-state index in [0.29, 0.717) is 24.6 Å². The highest BCUT2D eigenvalue weighted by molar-refractivity contribution is 5.97. The summed E-state index contributed by atoms with van der Waals surface area (Å²) in [6, 6.07) is 1.85. The zero-order chi connectivity index (χ0) is 15.9. The average molecular weight is 294 g/mol.